The lowest BCUT2D eigenvalue weighted by Gasteiger charge is -2.41. The molecule has 3 saturated heterocycles. The lowest BCUT2D eigenvalue weighted by Crippen LogP contribution is -2.54. The van der Waals surface area contributed by atoms with Crippen molar-refractivity contribution in [1.82, 2.24) is 15.5 Å². The van der Waals surface area contributed by atoms with Gasteiger partial charge in [-0.3, -0.25) is 4.79 Å². The molecule has 6 heteroatoms. The van der Waals surface area contributed by atoms with Crippen LogP contribution in [-0.2, 0) is 4.79 Å². The van der Waals surface area contributed by atoms with Crippen LogP contribution in [0.4, 0.5) is 0 Å². The molecular weight excluding hydrogens is 273 g/mol. The van der Waals surface area contributed by atoms with Crippen LogP contribution in [-0.4, -0.2) is 50.1 Å². The molecule has 3 rings (SSSR count). The molecule has 0 aliphatic carbocycles. The molecule has 3 heterocycles. The van der Waals surface area contributed by atoms with Crippen LogP contribution in [0.1, 0.15) is 19.3 Å². The molecule has 3 fully saturated rings. The first-order valence-corrected chi connectivity index (χ1v) is 6.49. The van der Waals surface area contributed by atoms with Crippen molar-refractivity contribution < 1.29 is 4.79 Å². The van der Waals surface area contributed by atoms with Crippen LogP contribution in [0, 0.1) is 11.3 Å². The third kappa shape index (κ3) is 2.93. The number of nitrogens with zero attached hydrogens (tertiary/aromatic N) is 1. The zero-order valence-electron chi connectivity index (χ0n) is 10.6. The fourth-order valence-corrected chi connectivity index (χ4v) is 3.15. The minimum atomic E-state index is 0. The molecule has 18 heavy (non-hydrogen) atoms. The highest BCUT2D eigenvalue weighted by atomic mass is 35.5. The van der Waals surface area contributed by atoms with E-state index in [9.17, 15) is 4.79 Å². The molecule has 0 radical (unpaired) electrons. The fraction of sp³-hybridized carbons (Fsp3) is 0.917. The molecular formula is C12H23Cl2N3O. The summed E-state index contributed by atoms with van der Waals surface area (Å²) < 4.78 is 0. The molecule has 106 valence electrons. The van der Waals surface area contributed by atoms with Gasteiger partial charge in [0.1, 0.15) is 0 Å². The van der Waals surface area contributed by atoms with Gasteiger partial charge < -0.3 is 15.5 Å². The first kappa shape index (κ1) is 16.0. The van der Waals surface area contributed by atoms with Crippen molar-refractivity contribution in [3.05, 3.63) is 0 Å². The summed E-state index contributed by atoms with van der Waals surface area (Å²) >= 11 is 0. The summed E-state index contributed by atoms with van der Waals surface area (Å²) in [5.74, 6) is 0.662. The summed E-state index contributed by atoms with van der Waals surface area (Å²) in [6.45, 7) is 6.08. The lowest BCUT2D eigenvalue weighted by atomic mass is 9.77. The second-order valence-corrected chi connectivity index (χ2v) is 5.61. The fourth-order valence-electron chi connectivity index (χ4n) is 3.15. The third-order valence-electron chi connectivity index (χ3n) is 4.60. The summed E-state index contributed by atoms with van der Waals surface area (Å²) in [6, 6.07) is 0. The van der Waals surface area contributed by atoms with Gasteiger partial charge in [-0.2, -0.15) is 0 Å². The molecule has 4 nitrogen and oxygen atoms in total. The van der Waals surface area contributed by atoms with Crippen LogP contribution in [0.2, 0.25) is 0 Å². The molecule has 3 aliphatic heterocycles. The molecule has 0 aromatic rings. The van der Waals surface area contributed by atoms with Gasteiger partial charge in [-0.1, -0.05) is 0 Å². The number of carbonyl (C=O) groups is 1. The van der Waals surface area contributed by atoms with Gasteiger partial charge in [-0.05, 0) is 31.2 Å². The van der Waals surface area contributed by atoms with Crippen molar-refractivity contribution in [2.75, 3.05) is 39.3 Å². The Morgan fingerprint density at radius 3 is 2.17 bits per heavy atom. The molecule has 0 bridgehead atoms. The number of halogens is 2. The van der Waals surface area contributed by atoms with Crippen LogP contribution < -0.4 is 10.6 Å². The Bertz CT molecular complexity index is 281. The molecule has 0 saturated carbocycles. The number of amides is 1. The largest absolute Gasteiger partial charge is 0.342 e. The second-order valence-electron chi connectivity index (χ2n) is 5.61. The highest BCUT2D eigenvalue weighted by molar-refractivity contribution is 5.85. The SMILES string of the molecule is Cl.Cl.O=C(C1CNC1)N1CCC2(CCNC2)CC1. The highest BCUT2D eigenvalue weighted by Gasteiger charge is 2.39. The topological polar surface area (TPSA) is 44.4 Å². The first-order chi connectivity index (χ1) is 7.79. The molecule has 1 spiro atoms. The van der Waals surface area contributed by atoms with Crippen molar-refractivity contribution in [2.24, 2.45) is 11.3 Å². The van der Waals surface area contributed by atoms with Crippen molar-refractivity contribution in [1.29, 1.82) is 0 Å². The highest BCUT2D eigenvalue weighted by Crippen LogP contribution is 2.37. The molecule has 0 unspecified atom stereocenters. The van der Waals surface area contributed by atoms with Crippen molar-refractivity contribution >= 4 is 30.7 Å². The van der Waals surface area contributed by atoms with Gasteiger partial charge >= 0.3 is 0 Å². The maximum absolute atomic E-state index is 12.1. The maximum Gasteiger partial charge on any atom is 0.228 e. The number of hydrogen-bond acceptors (Lipinski definition) is 3. The smallest absolute Gasteiger partial charge is 0.228 e. The average Bonchev–Trinajstić information content (AvgIpc) is 2.65. The van der Waals surface area contributed by atoms with E-state index in [0.29, 0.717) is 11.3 Å². The maximum atomic E-state index is 12.1. The Morgan fingerprint density at radius 2 is 1.72 bits per heavy atom. The number of likely N-dealkylation sites (tertiary alicyclic amines) is 1. The Hall–Kier alpha value is -0.0300. The Kier molecular flexibility index (Phi) is 5.71. The molecule has 0 aromatic carbocycles. The second kappa shape index (κ2) is 6.42. The van der Waals surface area contributed by atoms with Crippen LogP contribution in [0.5, 0.6) is 0 Å². The number of hydrogen-bond donors (Lipinski definition) is 2. The Balaban J connectivity index is 0.000000810. The molecule has 2 N–H and O–H groups in total. The predicted molar refractivity (Wildman–Crippen MR) is 76.6 cm³/mol. The van der Waals surface area contributed by atoms with E-state index < -0.39 is 0 Å². The molecule has 3 aliphatic rings. The Morgan fingerprint density at radius 1 is 1.06 bits per heavy atom. The van der Waals surface area contributed by atoms with E-state index in [-0.39, 0.29) is 30.7 Å². The summed E-state index contributed by atoms with van der Waals surface area (Å²) in [5.41, 5.74) is 0.522. The first-order valence-electron chi connectivity index (χ1n) is 6.49. The van der Waals surface area contributed by atoms with Gasteiger partial charge in [0, 0.05) is 32.7 Å². The van der Waals surface area contributed by atoms with Crippen LogP contribution in [0.25, 0.3) is 0 Å². The molecule has 1 amide bonds. The third-order valence-corrected chi connectivity index (χ3v) is 4.60. The van der Waals surface area contributed by atoms with E-state index in [1.807, 2.05) is 0 Å². The number of rotatable bonds is 1. The summed E-state index contributed by atoms with van der Waals surface area (Å²) in [6.07, 6.45) is 3.71. The van der Waals surface area contributed by atoms with Gasteiger partial charge in [0.25, 0.3) is 0 Å². The van der Waals surface area contributed by atoms with Gasteiger partial charge in [-0.25, -0.2) is 0 Å². The van der Waals surface area contributed by atoms with E-state index in [1.54, 1.807) is 0 Å². The van der Waals surface area contributed by atoms with Crippen LogP contribution >= 0.6 is 24.8 Å². The van der Waals surface area contributed by atoms with Gasteiger partial charge in [0.05, 0.1) is 5.92 Å². The monoisotopic (exact) mass is 295 g/mol. The van der Waals surface area contributed by atoms with Crippen molar-refractivity contribution in [3.63, 3.8) is 0 Å². The van der Waals surface area contributed by atoms with Crippen molar-refractivity contribution in [3.8, 4) is 0 Å². The van der Waals surface area contributed by atoms with Crippen LogP contribution in [0.3, 0.4) is 0 Å². The number of carbonyl (C=O) groups excluding carboxylic acids is 1. The Labute approximate surface area is 121 Å². The average molecular weight is 296 g/mol. The predicted octanol–water partition coefficient (Wildman–Crippen LogP) is 0.651. The molecule has 0 aromatic heterocycles. The minimum Gasteiger partial charge on any atom is -0.342 e. The van der Waals surface area contributed by atoms with E-state index >= 15 is 0 Å². The van der Waals surface area contributed by atoms with Gasteiger partial charge in [0.2, 0.25) is 5.91 Å². The van der Waals surface area contributed by atoms with E-state index in [1.165, 1.54) is 32.4 Å². The van der Waals surface area contributed by atoms with Crippen LogP contribution in [0.15, 0.2) is 0 Å². The standard InChI is InChI=1S/C12H21N3O.2ClH/c16-11(10-7-14-8-10)15-5-2-12(3-6-15)1-4-13-9-12;;/h10,13-14H,1-9H2;2*1H. The van der Waals surface area contributed by atoms with Gasteiger partial charge in [-0.15, -0.1) is 24.8 Å². The normalized spacial score (nSPS) is 26.1. The quantitative estimate of drug-likeness (QED) is 0.747. The zero-order valence-corrected chi connectivity index (χ0v) is 12.2. The van der Waals surface area contributed by atoms with E-state index in [4.69, 9.17) is 0 Å². The summed E-state index contributed by atoms with van der Waals surface area (Å²) in [5, 5.41) is 6.63. The minimum absolute atomic E-state index is 0. The lowest BCUT2D eigenvalue weighted by molar-refractivity contribution is -0.139. The summed E-state index contributed by atoms with van der Waals surface area (Å²) in [7, 11) is 0. The van der Waals surface area contributed by atoms with E-state index in [0.717, 1.165) is 26.2 Å². The van der Waals surface area contributed by atoms with Crippen molar-refractivity contribution in [2.45, 2.75) is 19.3 Å². The van der Waals surface area contributed by atoms with Gasteiger partial charge in [0.15, 0.2) is 0 Å². The zero-order chi connectivity index (χ0) is 11.0. The van der Waals surface area contributed by atoms with E-state index in [2.05, 4.69) is 15.5 Å². The number of piperidine rings is 1. The number of nitrogens with one attached hydrogen (secondary N) is 2. The summed E-state index contributed by atoms with van der Waals surface area (Å²) in [4.78, 5) is 14.1. The molecule has 0 atom stereocenters.